The van der Waals surface area contributed by atoms with Gasteiger partial charge >= 0.3 is 5.97 Å². The molecule has 0 fully saturated rings. The van der Waals surface area contributed by atoms with Crippen molar-refractivity contribution in [3.63, 3.8) is 0 Å². The number of non-ortho nitro benzene ring substituents is 1. The van der Waals surface area contributed by atoms with Crippen LogP contribution in [0.5, 0.6) is 5.75 Å². The van der Waals surface area contributed by atoms with Crippen molar-refractivity contribution >= 4 is 46.2 Å². The van der Waals surface area contributed by atoms with Gasteiger partial charge in [0.2, 0.25) is 0 Å². The molecule has 0 aliphatic rings. The minimum atomic E-state index is -1.05. The Labute approximate surface area is 132 Å². The summed E-state index contributed by atoms with van der Waals surface area (Å²) in [4.78, 5) is 21.2. The van der Waals surface area contributed by atoms with Gasteiger partial charge in [0.05, 0.1) is 15.0 Å². The molecule has 110 valence electrons. The molecule has 0 saturated carbocycles. The predicted molar refractivity (Wildman–Crippen MR) is 78.7 cm³/mol. The Morgan fingerprint density at radius 1 is 1.38 bits per heavy atom. The molecule has 21 heavy (non-hydrogen) atoms. The summed E-state index contributed by atoms with van der Waals surface area (Å²) in [5.41, 5.74) is 0.220. The molecule has 0 bridgehead atoms. The van der Waals surface area contributed by atoms with Crippen LogP contribution in [0.2, 0.25) is 10.0 Å². The smallest absolute Gasteiger partial charge is 0.346 e. The fourth-order valence-electron chi connectivity index (χ4n) is 1.58. The normalized spacial score (nSPS) is 10.4. The third-order valence-corrected chi connectivity index (χ3v) is 4.01. The van der Waals surface area contributed by atoms with Crippen LogP contribution < -0.4 is 4.74 Å². The van der Waals surface area contributed by atoms with Gasteiger partial charge in [-0.05, 0) is 11.4 Å². The van der Waals surface area contributed by atoms with Crippen LogP contribution in [0.15, 0.2) is 23.6 Å². The van der Waals surface area contributed by atoms with Crippen molar-refractivity contribution in [2.75, 3.05) is 0 Å². The monoisotopic (exact) mass is 347 g/mol. The lowest BCUT2D eigenvalue weighted by Crippen LogP contribution is -2.02. The lowest BCUT2D eigenvalue weighted by Gasteiger charge is -2.09. The maximum atomic E-state index is 11.0. The number of aromatic carboxylic acids is 1. The highest BCUT2D eigenvalue weighted by Gasteiger charge is 2.17. The van der Waals surface area contributed by atoms with Crippen LogP contribution in [0.3, 0.4) is 0 Å². The lowest BCUT2D eigenvalue weighted by molar-refractivity contribution is -0.384. The predicted octanol–water partition coefficient (Wildman–Crippen LogP) is 4.24. The first kappa shape index (κ1) is 15.6. The average molecular weight is 348 g/mol. The van der Waals surface area contributed by atoms with E-state index in [-0.39, 0.29) is 33.0 Å². The molecular weight excluding hydrogens is 341 g/mol. The fourth-order valence-corrected chi connectivity index (χ4v) is 2.91. The number of carboxylic acid groups (broad SMARTS) is 1. The van der Waals surface area contributed by atoms with Crippen LogP contribution in [0.25, 0.3) is 0 Å². The Balaban J connectivity index is 2.22. The first-order valence-electron chi connectivity index (χ1n) is 5.46. The molecule has 1 heterocycles. The van der Waals surface area contributed by atoms with Gasteiger partial charge in [0.25, 0.3) is 5.69 Å². The second-order valence-corrected chi connectivity index (χ2v) is 5.59. The van der Waals surface area contributed by atoms with E-state index in [1.165, 1.54) is 0 Å². The van der Waals surface area contributed by atoms with Gasteiger partial charge in [-0.1, -0.05) is 23.2 Å². The molecule has 0 radical (unpaired) electrons. The zero-order valence-corrected chi connectivity index (χ0v) is 12.5. The zero-order chi connectivity index (χ0) is 15.6. The number of carboxylic acids is 1. The van der Waals surface area contributed by atoms with Gasteiger partial charge in [0.15, 0.2) is 5.75 Å². The minimum Gasteiger partial charge on any atom is -0.486 e. The van der Waals surface area contributed by atoms with Crippen molar-refractivity contribution in [3.05, 3.63) is 54.2 Å². The van der Waals surface area contributed by atoms with Crippen molar-refractivity contribution in [1.29, 1.82) is 0 Å². The summed E-state index contributed by atoms with van der Waals surface area (Å²) >= 11 is 12.9. The Bertz CT molecular complexity index is 692. The summed E-state index contributed by atoms with van der Waals surface area (Å²) < 4.78 is 5.39. The Kier molecular flexibility index (Phi) is 4.66. The number of nitro groups is 1. The highest BCUT2D eigenvalue weighted by atomic mass is 35.5. The molecule has 0 unspecified atom stereocenters. The minimum absolute atomic E-state index is 0.0127. The van der Waals surface area contributed by atoms with Crippen molar-refractivity contribution in [2.45, 2.75) is 6.61 Å². The van der Waals surface area contributed by atoms with E-state index in [1.54, 1.807) is 11.4 Å². The molecule has 1 N–H and O–H groups in total. The molecule has 9 heteroatoms. The molecule has 0 saturated heterocycles. The standard InChI is InChI=1S/C12H7Cl2NO5S/c13-8-3-7(15(18)19)4-9(14)10(8)20-5-6-1-2-21-11(6)12(16)17/h1-4H,5H2,(H,16,17). The summed E-state index contributed by atoms with van der Waals surface area (Å²) in [6.45, 7) is -0.0532. The van der Waals surface area contributed by atoms with Crippen molar-refractivity contribution < 1.29 is 19.6 Å². The second-order valence-electron chi connectivity index (χ2n) is 3.86. The van der Waals surface area contributed by atoms with Gasteiger partial charge in [-0.2, -0.15) is 0 Å². The van der Waals surface area contributed by atoms with Gasteiger partial charge in [0, 0.05) is 17.7 Å². The van der Waals surface area contributed by atoms with Crippen molar-refractivity contribution in [1.82, 2.24) is 0 Å². The average Bonchev–Trinajstić information content (AvgIpc) is 2.86. The molecule has 0 amide bonds. The van der Waals surface area contributed by atoms with Crippen LogP contribution in [0, 0.1) is 10.1 Å². The molecule has 1 aromatic heterocycles. The Morgan fingerprint density at radius 3 is 2.52 bits per heavy atom. The molecule has 2 rings (SSSR count). The first-order chi connectivity index (χ1) is 9.90. The van der Waals surface area contributed by atoms with Crippen molar-refractivity contribution in [2.24, 2.45) is 0 Å². The molecule has 6 nitrogen and oxygen atoms in total. The van der Waals surface area contributed by atoms with Crippen LogP contribution in [0.1, 0.15) is 15.2 Å². The van der Waals surface area contributed by atoms with E-state index in [1.807, 2.05) is 0 Å². The highest BCUT2D eigenvalue weighted by molar-refractivity contribution is 7.12. The lowest BCUT2D eigenvalue weighted by atomic mass is 10.2. The van der Waals surface area contributed by atoms with E-state index in [9.17, 15) is 14.9 Å². The van der Waals surface area contributed by atoms with Crippen molar-refractivity contribution in [3.8, 4) is 5.75 Å². The van der Waals surface area contributed by atoms with Gasteiger partial charge in [-0.25, -0.2) is 4.79 Å². The van der Waals surface area contributed by atoms with E-state index < -0.39 is 10.9 Å². The largest absolute Gasteiger partial charge is 0.486 e. The Hall–Kier alpha value is -1.83. The summed E-state index contributed by atoms with van der Waals surface area (Å²) in [7, 11) is 0. The summed E-state index contributed by atoms with van der Waals surface area (Å²) in [6, 6.07) is 3.85. The van der Waals surface area contributed by atoms with Gasteiger partial charge in [-0.3, -0.25) is 10.1 Å². The molecule has 0 atom stereocenters. The van der Waals surface area contributed by atoms with Crippen LogP contribution >= 0.6 is 34.5 Å². The molecular formula is C12H7Cl2NO5S. The molecule has 0 spiro atoms. The van der Waals surface area contributed by atoms with E-state index >= 15 is 0 Å². The number of nitro benzene ring substituents is 1. The summed E-state index contributed by atoms with van der Waals surface area (Å²) in [6.07, 6.45) is 0. The maximum absolute atomic E-state index is 11.0. The maximum Gasteiger partial charge on any atom is 0.346 e. The van der Waals surface area contributed by atoms with Gasteiger partial charge in [-0.15, -0.1) is 11.3 Å². The zero-order valence-electron chi connectivity index (χ0n) is 10.2. The number of benzene rings is 1. The second kappa shape index (κ2) is 6.30. The number of halogens is 2. The summed E-state index contributed by atoms with van der Waals surface area (Å²) in [5, 5.41) is 21.3. The van der Waals surface area contributed by atoms with E-state index in [0.717, 1.165) is 23.5 Å². The van der Waals surface area contributed by atoms with Crippen LogP contribution in [-0.2, 0) is 6.61 Å². The fraction of sp³-hybridized carbons (Fsp3) is 0.0833. The third-order valence-electron chi connectivity index (χ3n) is 2.51. The molecule has 2 aromatic rings. The van der Waals surface area contributed by atoms with E-state index in [4.69, 9.17) is 33.0 Å². The topological polar surface area (TPSA) is 89.7 Å². The Morgan fingerprint density at radius 2 is 2.00 bits per heavy atom. The van der Waals surface area contributed by atoms with Gasteiger partial charge in [0.1, 0.15) is 11.5 Å². The van der Waals surface area contributed by atoms with Crippen LogP contribution in [-0.4, -0.2) is 16.0 Å². The number of ether oxygens (including phenoxy) is 1. The molecule has 1 aromatic carbocycles. The first-order valence-corrected chi connectivity index (χ1v) is 7.09. The highest BCUT2D eigenvalue weighted by Crippen LogP contribution is 2.37. The SMILES string of the molecule is O=C(O)c1sccc1COc1c(Cl)cc([N+](=O)[O-])cc1Cl. The number of hydrogen-bond donors (Lipinski definition) is 1. The van der Waals surface area contributed by atoms with Crippen LogP contribution in [0.4, 0.5) is 5.69 Å². The van der Waals surface area contributed by atoms with Gasteiger partial charge < -0.3 is 9.84 Å². The summed E-state index contributed by atoms with van der Waals surface area (Å²) in [5.74, 6) is -0.976. The number of carbonyl (C=O) groups is 1. The third kappa shape index (κ3) is 3.44. The number of rotatable bonds is 5. The molecule has 0 aliphatic carbocycles. The molecule has 0 aliphatic heterocycles. The van der Waals surface area contributed by atoms with E-state index in [0.29, 0.717) is 5.56 Å². The number of hydrogen-bond acceptors (Lipinski definition) is 5. The van der Waals surface area contributed by atoms with E-state index in [2.05, 4.69) is 0 Å². The number of thiophene rings is 1. The quantitative estimate of drug-likeness (QED) is 0.645. The number of nitrogens with zero attached hydrogens (tertiary/aromatic N) is 1.